The van der Waals surface area contributed by atoms with E-state index in [1.54, 1.807) is 18.4 Å². The molecular formula is C15H18ClNOS. The highest BCUT2D eigenvalue weighted by Crippen LogP contribution is 2.27. The van der Waals surface area contributed by atoms with Crippen LogP contribution in [0.3, 0.4) is 0 Å². The summed E-state index contributed by atoms with van der Waals surface area (Å²) in [6.45, 7) is 4.31. The molecule has 102 valence electrons. The number of methoxy groups -OCH3 is 1. The van der Waals surface area contributed by atoms with Crippen LogP contribution < -0.4 is 10.1 Å². The van der Waals surface area contributed by atoms with E-state index in [1.165, 1.54) is 11.1 Å². The summed E-state index contributed by atoms with van der Waals surface area (Å²) in [4.78, 5) is 0. The van der Waals surface area contributed by atoms with Gasteiger partial charge in [0.25, 0.3) is 0 Å². The first-order valence-corrected chi connectivity index (χ1v) is 7.50. The van der Waals surface area contributed by atoms with Gasteiger partial charge in [-0.05, 0) is 48.6 Å². The van der Waals surface area contributed by atoms with Crippen LogP contribution in [-0.2, 0) is 0 Å². The molecule has 0 aliphatic heterocycles. The Morgan fingerprint density at radius 3 is 2.26 bits per heavy atom. The van der Waals surface area contributed by atoms with Gasteiger partial charge >= 0.3 is 0 Å². The van der Waals surface area contributed by atoms with Crippen LogP contribution in [0.4, 0.5) is 0 Å². The highest BCUT2D eigenvalue weighted by molar-refractivity contribution is 7.14. The first-order valence-electron chi connectivity index (χ1n) is 6.24. The maximum Gasteiger partial charge on any atom is 0.118 e. The zero-order chi connectivity index (χ0) is 13.8. The molecule has 4 heteroatoms. The van der Waals surface area contributed by atoms with Crippen LogP contribution >= 0.6 is 22.9 Å². The van der Waals surface area contributed by atoms with Gasteiger partial charge in [0.05, 0.1) is 11.4 Å². The highest BCUT2D eigenvalue weighted by Gasteiger charge is 2.12. The quantitative estimate of drug-likeness (QED) is 0.853. The van der Waals surface area contributed by atoms with Crippen molar-refractivity contribution in [3.05, 3.63) is 51.2 Å². The molecule has 0 saturated heterocycles. The predicted octanol–water partition coefficient (Wildman–Crippen LogP) is 4.82. The summed E-state index contributed by atoms with van der Waals surface area (Å²) in [5.41, 5.74) is 2.48. The Morgan fingerprint density at radius 1 is 1.11 bits per heavy atom. The van der Waals surface area contributed by atoms with Crippen molar-refractivity contribution in [2.24, 2.45) is 0 Å². The summed E-state index contributed by atoms with van der Waals surface area (Å²) < 4.78 is 6.00. The Hall–Kier alpha value is -1.03. The molecule has 1 aromatic heterocycles. The van der Waals surface area contributed by atoms with E-state index in [1.807, 2.05) is 18.2 Å². The minimum atomic E-state index is 0.277. The van der Waals surface area contributed by atoms with Gasteiger partial charge in [0.15, 0.2) is 0 Å². The van der Waals surface area contributed by atoms with Crippen molar-refractivity contribution >= 4 is 22.9 Å². The van der Waals surface area contributed by atoms with E-state index < -0.39 is 0 Å². The average molecular weight is 296 g/mol. The summed E-state index contributed by atoms with van der Waals surface area (Å²) in [5, 5.41) is 5.67. The molecule has 0 aliphatic rings. The first kappa shape index (κ1) is 14.4. The van der Waals surface area contributed by atoms with Crippen LogP contribution in [0, 0.1) is 0 Å². The number of nitrogens with one attached hydrogen (secondary N) is 1. The van der Waals surface area contributed by atoms with E-state index in [4.69, 9.17) is 16.3 Å². The van der Waals surface area contributed by atoms with Gasteiger partial charge in [-0.15, -0.1) is 11.3 Å². The van der Waals surface area contributed by atoms with Crippen molar-refractivity contribution in [3.63, 3.8) is 0 Å². The molecule has 0 amide bonds. The molecule has 0 radical (unpaired) electrons. The fourth-order valence-corrected chi connectivity index (χ4v) is 3.00. The van der Waals surface area contributed by atoms with Gasteiger partial charge in [-0.3, -0.25) is 0 Å². The standard InChI is InChI=1S/C15H18ClNOS/c1-10(12-4-6-14(18-3)7-5-12)17-11(2)13-8-15(16)19-9-13/h4-11,17H,1-3H3/t10-,11?/m0/s1. The van der Waals surface area contributed by atoms with Crippen molar-refractivity contribution < 1.29 is 4.74 Å². The van der Waals surface area contributed by atoms with Gasteiger partial charge in [-0.1, -0.05) is 23.7 Å². The van der Waals surface area contributed by atoms with Crippen LogP contribution in [0.2, 0.25) is 4.34 Å². The van der Waals surface area contributed by atoms with Gasteiger partial charge in [-0.25, -0.2) is 0 Å². The molecular weight excluding hydrogens is 278 g/mol. The van der Waals surface area contributed by atoms with Gasteiger partial charge in [-0.2, -0.15) is 0 Å². The third kappa shape index (κ3) is 3.72. The van der Waals surface area contributed by atoms with Crippen molar-refractivity contribution in [3.8, 4) is 5.75 Å². The number of ether oxygens (including phenoxy) is 1. The summed E-state index contributed by atoms with van der Waals surface area (Å²) in [5.74, 6) is 0.883. The van der Waals surface area contributed by atoms with E-state index in [9.17, 15) is 0 Å². The second-order valence-electron chi connectivity index (χ2n) is 4.57. The van der Waals surface area contributed by atoms with Crippen molar-refractivity contribution in [2.75, 3.05) is 7.11 Å². The van der Waals surface area contributed by atoms with Crippen LogP contribution in [0.15, 0.2) is 35.7 Å². The molecule has 2 aromatic rings. The normalized spacial score (nSPS) is 14.1. The molecule has 0 fully saturated rings. The Bertz CT molecular complexity index is 523. The van der Waals surface area contributed by atoms with Gasteiger partial charge in [0.1, 0.15) is 5.75 Å². The molecule has 0 spiro atoms. The smallest absolute Gasteiger partial charge is 0.118 e. The van der Waals surface area contributed by atoms with Crippen LogP contribution in [-0.4, -0.2) is 7.11 Å². The minimum absolute atomic E-state index is 0.277. The molecule has 2 nitrogen and oxygen atoms in total. The molecule has 0 aliphatic carbocycles. The molecule has 1 unspecified atom stereocenters. The Kier molecular flexibility index (Phi) is 4.86. The van der Waals surface area contributed by atoms with E-state index in [-0.39, 0.29) is 12.1 Å². The summed E-state index contributed by atoms with van der Waals surface area (Å²) in [6, 6.07) is 10.7. The average Bonchev–Trinajstić information content (AvgIpc) is 2.85. The molecule has 0 saturated carbocycles. The highest BCUT2D eigenvalue weighted by atomic mass is 35.5. The van der Waals surface area contributed by atoms with Crippen molar-refractivity contribution in [2.45, 2.75) is 25.9 Å². The molecule has 0 bridgehead atoms. The van der Waals surface area contributed by atoms with E-state index in [0.717, 1.165) is 10.1 Å². The van der Waals surface area contributed by atoms with E-state index >= 15 is 0 Å². The van der Waals surface area contributed by atoms with Crippen LogP contribution in [0.5, 0.6) is 5.75 Å². The van der Waals surface area contributed by atoms with Crippen LogP contribution in [0.25, 0.3) is 0 Å². The maximum atomic E-state index is 5.97. The maximum absolute atomic E-state index is 5.97. The number of halogens is 1. The number of rotatable bonds is 5. The number of thiophene rings is 1. The lowest BCUT2D eigenvalue weighted by Crippen LogP contribution is -2.22. The number of hydrogen-bond acceptors (Lipinski definition) is 3. The SMILES string of the molecule is COc1ccc([C@H](C)NC(C)c2csc(Cl)c2)cc1. The minimum Gasteiger partial charge on any atom is -0.497 e. The Balaban J connectivity index is 2.01. The topological polar surface area (TPSA) is 21.3 Å². The van der Waals surface area contributed by atoms with Crippen LogP contribution in [0.1, 0.15) is 37.1 Å². The molecule has 1 aromatic carbocycles. The third-order valence-electron chi connectivity index (χ3n) is 3.20. The fourth-order valence-electron chi connectivity index (χ4n) is 2.01. The lowest BCUT2D eigenvalue weighted by molar-refractivity contribution is 0.414. The lowest BCUT2D eigenvalue weighted by Gasteiger charge is -2.20. The fraction of sp³-hybridized carbons (Fsp3) is 0.333. The van der Waals surface area contributed by atoms with E-state index in [0.29, 0.717) is 0 Å². The predicted molar refractivity (Wildman–Crippen MR) is 82.3 cm³/mol. The Morgan fingerprint density at radius 2 is 1.74 bits per heavy atom. The largest absolute Gasteiger partial charge is 0.497 e. The number of hydrogen-bond donors (Lipinski definition) is 1. The van der Waals surface area contributed by atoms with E-state index in [2.05, 4.69) is 36.7 Å². The molecule has 19 heavy (non-hydrogen) atoms. The summed E-state index contributed by atoms with van der Waals surface area (Å²) in [7, 11) is 1.68. The Labute approximate surface area is 123 Å². The van der Waals surface area contributed by atoms with Gasteiger partial charge < -0.3 is 10.1 Å². The summed E-state index contributed by atoms with van der Waals surface area (Å²) >= 11 is 7.54. The number of benzene rings is 1. The molecule has 1 N–H and O–H groups in total. The molecule has 1 heterocycles. The second kappa shape index (κ2) is 6.42. The van der Waals surface area contributed by atoms with Gasteiger partial charge in [0.2, 0.25) is 0 Å². The summed E-state index contributed by atoms with van der Waals surface area (Å²) in [6.07, 6.45) is 0. The zero-order valence-corrected chi connectivity index (χ0v) is 12.9. The third-order valence-corrected chi connectivity index (χ3v) is 4.31. The first-order chi connectivity index (χ1) is 9.10. The monoisotopic (exact) mass is 295 g/mol. The lowest BCUT2D eigenvalue weighted by atomic mass is 10.1. The molecule has 2 atom stereocenters. The second-order valence-corrected chi connectivity index (χ2v) is 6.11. The zero-order valence-electron chi connectivity index (χ0n) is 11.3. The van der Waals surface area contributed by atoms with Crippen molar-refractivity contribution in [1.29, 1.82) is 0 Å². The molecule has 2 rings (SSSR count). The van der Waals surface area contributed by atoms with Gasteiger partial charge in [0, 0.05) is 12.1 Å². The van der Waals surface area contributed by atoms with Crippen molar-refractivity contribution in [1.82, 2.24) is 5.32 Å².